The lowest BCUT2D eigenvalue weighted by atomic mass is 9.93. The average Bonchev–Trinajstić information content (AvgIpc) is 3.16. The minimum atomic E-state index is 0.211. The number of ether oxygens (including phenoxy) is 2. The quantitative estimate of drug-likeness (QED) is 0.391. The number of likely N-dealkylation sites (N-methyl/N-ethyl adjacent to an activating group) is 1. The number of benzene rings is 2. The molecule has 0 amide bonds. The van der Waals surface area contributed by atoms with E-state index in [1.807, 2.05) is 6.07 Å². The first-order valence-corrected chi connectivity index (χ1v) is 12.0. The lowest BCUT2D eigenvalue weighted by molar-refractivity contribution is 0.194. The number of aromatic amines is 1. The summed E-state index contributed by atoms with van der Waals surface area (Å²) in [6.45, 7) is 4.62. The van der Waals surface area contributed by atoms with Crippen molar-refractivity contribution in [3.05, 3.63) is 64.3 Å². The van der Waals surface area contributed by atoms with Crippen LogP contribution in [0.15, 0.2) is 42.5 Å². The zero-order valence-corrected chi connectivity index (χ0v) is 19.9. The van der Waals surface area contributed by atoms with Crippen LogP contribution in [0.1, 0.15) is 42.1 Å². The molecule has 172 valence electrons. The van der Waals surface area contributed by atoms with Gasteiger partial charge in [0, 0.05) is 41.9 Å². The number of aromatic nitrogens is 1. The van der Waals surface area contributed by atoms with Crippen molar-refractivity contribution in [1.29, 1.82) is 0 Å². The number of halogens is 1. The number of hydrogen-bond acceptors (Lipinski definition) is 4. The summed E-state index contributed by atoms with van der Waals surface area (Å²) in [5.41, 5.74) is 5.11. The van der Waals surface area contributed by atoms with Crippen LogP contribution in [0.5, 0.6) is 5.75 Å². The van der Waals surface area contributed by atoms with E-state index in [4.69, 9.17) is 21.1 Å². The second-order valence-corrected chi connectivity index (χ2v) is 9.00. The summed E-state index contributed by atoms with van der Waals surface area (Å²) in [6, 6.07) is 14.9. The van der Waals surface area contributed by atoms with Crippen molar-refractivity contribution in [3.8, 4) is 5.75 Å². The van der Waals surface area contributed by atoms with Gasteiger partial charge in [0.2, 0.25) is 0 Å². The second-order valence-electron chi connectivity index (χ2n) is 8.56. The zero-order chi connectivity index (χ0) is 22.3. The zero-order valence-electron chi connectivity index (χ0n) is 19.1. The topological polar surface area (TPSA) is 49.5 Å². The van der Waals surface area contributed by atoms with Crippen molar-refractivity contribution in [2.75, 3.05) is 47.0 Å². The van der Waals surface area contributed by atoms with Crippen LogP contribution in [0.4, 0.5) is 0 Å². The molecule has 0 spiro atoms. The molecule has 1 aliphatic rings. The number of fused-ring (bicyclic) bond motifs is 3. The molecule has 1 atom stereocenters. The van der Waals surface area contributed by atoms with Gasteiger partial charge < -0.3 is 19.8 Å². The molecule has 1 aromatic heterocycles. The van der Waals surface area contributed by atoms with Gasteiger partial charge in [-0.05, 0) is 87.3 Å². The Morgan fingerprint density at radius 1 is 1.06 bits per heavy atom. The van der Waals surface area contributed by atoms with E-state index >= 15 is 0 Å². The molecule has 1 aliphatic heterocycles. The molecular formula is C26H34ClN3O2. The molecule has 32 heavy (non-hydrogen) atoms. The third kappa shape index (κ3) is 5.46. The monoisotopic (exact) mass is 455 g/mol. The van der Waals surface area contributed by atoms with Gasteiger partial charge >= 0.3 is 0 Å². The van der Waals surface area contributed by atoms with Gasteiger partial charge in [0.1, 0.15) is 5.75 Å². The lowest BCUT2D eigenvalue weighted by Gasteiger charge is -2.33. The Kier molecular flexibility index (Phi) is 8.09. The molecule has 6 heteroatoms. The van der Waals surface area contributed by atoms with Crippen molar-refractivity contribution in [2.24, 2.45) is 0 Å². The molecule has 1 unspecified atom stereocenters. The molecule has 0 radical (unpaired) electrons. The summed E-state index contributed by atoms with van der Waals surface area (Å²) < 4.78 is 11.0. The first-order valence-electron chi connectivity index (χ1n) is 11.6. The van der Waals surface area contributed by atoms with E-state index in [-0.39, 0.29) is 6.04 Å². The predicted octanol–water partition coefficient (Wildman–Crippen LogP) is 5.18. The van der Waals surface area contributed by atoms with Crippen LogP contribution >= 0.6 is 11.6 Å². The molecule has 4 rings (SSSR count). The van der Waals surface area contributed by atoms with Crippen molar-refractivity contribution in [2.45, 2.75) is 31.7 Å². The first-order chi connectivity index (χ1) is 15.7. The van der Waals surface area contributed by atoms with Crippen LogP contribution < -0.4 is 10.1 Å². The molecule has 0 saturated carbocycles. The number of nitrogens with zero attached hydrogens (tertiary/aromatic N) is 1. The summed E-state index contributed by atoms with van der Waals surface area (Å²) in [4.78, 5) is 6.07. The maximum atomic E-state index is 6.27. The van der Waals surface area contributed by atoms with Crippen LogP contribution in [0.3, 0.4) is 0 Å². The normalized spacial score (nSPS) is 16.4. The standard InChI is InChI=1S/C26H34ClN3O2/c1-30-15-12-22-23-18-20(27)8-11-24(23)29-25(22)26(30)19-6-9-21(10-7-19)32-17-4-3-13-28-14-5-16-31-2/h6-11,18,26,28-29H,3-5,12-17H2,1-2H3. The van der Waals surface area contributed by atoms with Crippen LogP contribution in [-0.4, -0.2) is 56.9 Å². The summed E-state index contributed by atoms with van der Waals surface area (Å²) in [6.07, 6.45) is 4.25. The third-order valence-electron chi connectivity index (χ3n) is 6.24. The van der Waals surface area contributed by atoms with Gasteiger partial charge in [-0.25, -0.2) is 0 Å². The van der Waals surface area contributed by atoms with E-state index in [2.05, 4.69) is 58.6 Å². The third-order valence-corrected chi connectivity index (χ3v) is 6.48. The van der Waals surface area contributed by atoms with Crippen molar-refractivity contribution < 1.29 is 9.47 Å². The summed E-state index contributed by atoms with van der Waals surface area (Å²) in [7, 11) is 3.94. The highest BCUT2D eigenvalue weighted by molar-refractivity contribution is 6.31. The number of methoxy groups -OCH3 is 1. The highest BCUT2D eigenvalue weighted by atomic mass is 35.5. The van der Waals surface area contributed by atoms with Gasteiger partial charge in [0.15, 0.2) is 0 Å². The fourth-order valence-corrected chi connectivity index (χ4v) is 4.73. The van der Waals surface area contributed by atoms with Crippen molar-refractivity contribution in [3.63, 3.8) is 0 Å². The Balaban J connectivity index is 1.34. The highest BCUT2D eigenvalue weighted by Gasteiger charge is 2.29. The molecule has 0 aliphatic carbocycles. The van der Waals surface area contributed by atoms with Crippen molar-refractivity contribution in [1.82, 2.24) is 15.2 Å². The van der Waals surface area contributed by atoms with E-state index in [0.29, 0.717) is 0 Å². The Labute approximate surface area is 196 Å². The largest absolute Gasteiger partial charge is 0.494 e. The molecule has 2 heterocycles. The highest BCUT2D eigenvalue weighted by Crippen LogP contribution is 2.38. The van der Waals surface area contributed by atoms with Gasteiger partial charge in [0.25, 0.3) is 0 Å². The van der Waals surface area contributed by atoms with Crippen LogP contribution in [0.2, 0.25) is 5.02 Å². The van der Waals surface area contributed by atoms with Gasteiger partial charge in [0.05, 0.1) is 12.6 Å². The maximum absolute atomic E-state index is 6.27. The number of unbranched alkanes of at least 4 members (excludes halogenated alkanes) is 1. The smallest absolute Gasteiger partial charge is 0.119 e. The van der Waals surface area contributed by atoms with Crippen LogP contribution in [0, 0.1) is 0 Å². The predicted molar refractivity (Wildman–Crippen MR) is 132 cm³/mol. The van der Waals surface area contributed by atoms with E-state index < -0.39 is 0 Å². The van der Waals surface area contributed by atoms with E-state index in [1.165, 1.54) is 22.2 Å². The Hall–Kier alpha value is -2.05. The Morgan fingerprint density at radius 3 is 2.69 bits per heavy atom. The summed E-state index contributed by atoms with van der Waals surface area (Å²) >= 11 is 6.27. The van der Waals surface area contributed by atoms with Gasteiger partial charge in [-0.15, -0.1) is 0 Å². The maximum Gasteiger partial charge on any atom is 0.119 e. The van der Waals surface area contributed by atoms with E-state index in [1.54, 1.807) is 7.11 Å². The molecule has 3 aromatic rings. The van der Waals surface area contributed by atoms with E-state index in [9.17, 15) is 0 Å². The van der Waals surface area contributed by atoms with Gasteiger partial charge in [-0.1, -0.05) is 23.7 Å². The minimum Gasteiger partial charge on any atom is -0.494 e. The molecule has 0 fully saturated rings. The molecule has 5 nitrogen and oxygen atoms in total. The number of nitrogens with one attached hydrogen (secondary N) is 2. The summed E-state index contributed by atoms with van der Waals surface area (Å²) in [5.74, 6) is 0.934. The second kappa shape index (κ2) is 11.2. The molecular weight excluding hydrogens is 422 g/mol. The van der Waals surface area contributed by atoms with Gasteiger partial charge in [-0.2, -0.15) is 0 Å². The van der Waals surface area contributed by atoms with Crippen LogP contribution in [-0.2, 0) is 11.2 Å². The van der Waals surface area contributed by atoms with Gasteiger partial charge in [-0.3, -0.25) is 4.90 Å². The minimum absolute atomic E-state index is 0.211. The number of rotatable bonds is 11. The SMILES string of the molecule is COCCCNCCCCOc1ccc(C2c3[nH]c4ccc(Cl)cc4c3CCN2C)cc1. The lowest BCUT2D eigenvalue weighted by Crippen LogP contribution is -2.32. The first kappa shape index (κ1) is 23.1. The Morgan fingerprint density at radius 2 is 1.88 bits per heavy atom. The molecule has 2 aromatic carbocycles. The molecule has 0 saturated heterocycles. The van der Waals surface area contributed by atoms with Crippen LogP contribution in [0.25, 0.3) is 10.9 Å². The van der Waals surface area contributed by atoms with Crippen molar-refractivity contribution >= 4 is 22.5 Å². The Bertz CT molecular complexity index is 1000. The molecule has 0 bridgehead atoms. The number of hydrogen-bond donors (Lipinski definition) is 2. The molecule has 2 N–H and O–H groups in total. The van der Waals surface area contributed by atoms with E-state index in [0.717, 1.165) is 74.8 Å². The fourth-order valence-electron chi connectivity index (χ4n) is 4.56. The average molecular weight is 456 g/mol. The fraction of sp³-hybridized carbons (Fsp3) is 0.462. The summed E-state index contributed by atoms with van der Waals surface area (Å²) in [5, 5.41) is 5.48. The number of H-pyrrole nitrogens is 1.